The Morgan fingerprint density at radius 3 is 3.18 bits per heavy atom. The van der Waals surface area contributed by atoms with E-state index in [0.29, 0.717) is 18.9 Å². The molecule has 2 aromatic rings. The second-order valence-corrected chi connectivity index (χ2v) is 5.53. The number of carbonyl (C=O) groups is 1. The topological polar surface area (TPSA) is 98.8 Å². The lowest BCUT2D eigenvalue weighted by Gasteiger charge is -2.31. The molecule has 6 nitrogen and oxygen atoms in total. The van der Waals surface area contributed by atoms with Crippen molar-refractivity contribution in [3.05, 3.63) is 30.0 Å². The summed E-state index contributed by atoms with van der Waals surface area (Å²) >= 11 is 0. The number of amides is 1. The number of fused-ring (bicyclic) bond motifs is 1. The van der Waals surface area contributed by atoms with E-state index in [-0.39, 0.29) is 18.2 Å². The van der Waals surface area contributed by atoms with Crippen LogP contribution in [0.15, 0.2) is 24.4 Å². The van der Waals surface area contributed by atoms with Gasteiger partial charge in [0.25, 0.3) is 0 Å². The van der Waals surface area contributed by atoms with Crippen molar-refractivity contribution in [1.82, 2.24) is 14.9 Å². The van der Waals surface area contributed by atoms with E-state index in [0.717, 1.165) is 16.6 Å². The Morgan fingerprint density at radius 2 is 2.45 bits per heavy atom. The lowest BCUT2D eigenvalue weighted by atomic mass is 9.89. The highest BCUT2D eigenvalue weighted by molar-refractivity contribution is 5.92. The van der Waals surface area contributed by atoms with E-state index in [1.54, 1.807) is 4.90 Å². The van der Waals surface area contributed by atoms with E-state index < -0.39 is 0 Å². The summed E-state index contributed by atoms with van der Waals surface area (Å²) in [6.45, 7) is 3.21. The number of nitrogens with one attached hydrogen (secondary N) is 1. The summed E-state index contributed by atoms with van der Waals surface area (Å²) in [5, 5.41) is 9.68. The number of nitriles is 1. The molecule has 1 aliphatic heterocycles. The molecule has 3 heterocycles. The second-order valence-electron chi connectivity index (χ2n) is 5.53. The van der Waals surface area contributed by atoms with Gasteiger partial charge in [-0.15, -0.1) is 0 Å². The van der Waals surface area contributed by atoms with Crippen LogP contribution in [0.2, 0.25) is 0 Å². The fraction of sp³-hybridized carbons (Fsp3) is 0.312. The van der Waals surface area contributed by atoms with Gasteiger partial charge in [0.05, 0.1) is 6.07 Å². The number of rotatable bonds is 2. The maximum absolute atomic E-state index is 11.9. The average molecular weight is 295 g/mol. The molecule has 0 aliphatic carbocycles. The molecule has 1 atom stereocenters. The number of aromatic amines is 1. The molecule has 112 valence electrons. The molecule has 0 bridgehead atoms. The Bertz CT molecular complexity index is 798. The van der Waals surface area contributed by atoms with Crippen molar-refractivity contribution >= 4 is 28.3 Å². The van der Waals surface area contributed by atoms with Crippen LogP contribution in [-0.2, 0) is 4.79 Å². The number of nitrogens with zero attached hydrogens (tertiary/aromatic N) is 3. The standard InChI is InChI=1S/C16H17N5O/c1-10-9-21(15(22)2-5-17)7-4-11(10)13-8-14(18)20-16-12(13)3-6-19-16/h3-4,6,8,10H,2,7,9H2,1H3,(H3,18,19,20). The summed E-state index contributed by atoms with van der Waals surface area (Å²) in [6, 6.07) is 5.77. The Kier molecular flexibility index (Phi) is 3.55. The number of anilines is 1. The SMILES string of the molecule is CC1CN(C(=O)CC#N)CC=C1c1cc(N)nc2[nH]ccc12. The van der Waals surface area contributed by atoms with Crippen molar-refractivity contribution in [2.45, 2.75) is 13.3 Å². The monoisotopic (exact) mass is 295 g/mol. The average Bonchev–Trinajstić information content (AvgIpc) is 2.94. The van der Waals surface area contributed by atoms with E-state index in [9.17, 15) is 4.79 Å². The van der Waals surface area contributed by atoms with Crippen LogP contribution in [0.4, 0.5) is 5.82 Å². The first-order chi connectivity index (χ1) is 10.6. The first-order valence-electron chi connectivity index (χ1n) is 7.19. The van der Waals surface area contributed by atoms with Crippen molar-refractivity contribution in [2.24, 2.45) is 5.92 Å². The predicted octanol–water partition coefficient (Wildman–Crippen LogP) is 1.92. The summed E-state index contributed by atoms with van der Waals surface area (Å²) in [4.78, 5) is 20.9. The van der Waals surface area contributed by atoms with Gasteiger partial charge >= 0.3 is 0 Å². The van der Waals surface area contributed by atoms with Gasteiger partial charge in [-0.2, -0.15) is 5.26 Å². The summed E-state index contributed by atoms with van der Waals surface area (Å²) < 4.78 is 0. The van der Waals surface area contributed by atoms with E-state index in [4.69, 9.17) is 11.0 Å². The maximum Gasteiger partial charge on any atom is 0.237 e. The van der Waals surface area contributed by atoms with E-state index in [1.165, 1.54) is 5.57 Å². The summed E-state index contributed by atoms with van der Waals surface area (Å²) in [5.74, 6) is 0.531. The molecular weight excluding hydrogens is 278 g/mol. The van der Waals surface area contributed by atoms with Gasteiger partial charge < -0.3 is 15.6 Å². The number of aromatic nitrogens is 2. The third kappa shape index (κ3) is 2.42. The third-order valence-corrected chi connectivity index (χ3v) is 4.00. The number of H-pyrrole nitrogens is 1. The number of nitrogen functional groups attached to an aromatic ring is 1. The highest BCUT2D eigenvalue weighted by atomic mass is 16.2. The van der Waals surface area contributed by atoms with Crippen LogP contribution in [0.5, 0.6) is 0 Å². The summed E-state index contributed by atoms with van der Waals surface area (Å²) in [5.41, 5.74) is 8.89. The predicted molar refractivity (Wildman–Crippen MR) is 84.5 cm³/mol. The van der Waals surface area contributed by atoms with Crippen molar-refractivity contribution in [3.8, 4) is 6.07 Å². The number of carbonyl (C=O) groups excluding carboxylic acids is 1. The van der Waals surface area contributed by atoms with E-state index >= 15 is 0 Å². The first-order valence-corrected chi connectivity index (χ1v) is 7.19. The quantitative estimate of drug-likeness (QED) is 0.884. The van der Waals surface area contributed by atoms with Gasteiger partial charge in [-0.25, -0.2) is 4.98 Å². The Morgan fingerprint density at radius 1 is 1.64 bits per heavy atom. The molecule has 0 saturated carbocycles. The summed E-state index contributed by atoms with van der Waals surface area (Å²) in [6.07, 6.45) is 3.82. The van der Waals surface area contributed by atoms with Gasteiger partial charge in [0.2, 0.25) is 5.91 Å². The molecule has 1 amide bonds. The van der Waals surface area contributed by atoms with Crippen molar-refractivity contribution < 1.29 is 4.79 Å². The van der Waals surface area contributed by atoms with Crippen LogP contribution in [-0.4, -0.2) is 33.9 Å². The number of pyridine rings is 1. The lowest BCUT2D eigenvalue weighted by molar-refractivity contribution is -0.130. The van der Waals surface area contributed by atoms with Gasteiger partial charge in [-0.3, -0.25) is 4.79 Å². The molecule has 0 spiro atoms. The molecule has 1 aliphatic rings. The third-order valence-electron chi connectivity index (χ3n) is 4.00. The van der Waals surface area contributed by atoms with Gasteiger partial charge in [0.1, 0.15) is 17.9 Å². The Hall–Kier alpha value is -2.81. The van der Waals surface area contributed by atoms with E-state index in [2.05, 4.69) is 16.9 Å². The number of hydrogen-bond donors (Lipinski definition) is 2. The largest absolute Gasteiger partial charge is 0.384 e. The minimum Gasteiger partial charge on any atom is -0.384 e. The Labute approximate surface area is 128 Å². The second kappa shape index (κ2) is 5.53. The molecule has 0 radical (unpaired) electrons. The number of hydrogen-bond acceptors (Lipinski definition) is 4. The molecular formula is C16H17N5O. The molecule has 2 aromatic heterocycles. The molecule has 1 unspecified atom stereocenters. The normalized spacial score (nSPS) is 18.1. The van der Waals surface area contributed by atoms with Crippen LogP contribution in [0.1, 0.15) is 18.9 Å². The van der Waals surface area contributed by atoms with Gasteiger partial charge in [0, 0.05) is 24.7 Å². The van der Waals surface area contributed by atoms with Crippen LogP contribution >= 0.6 is 0 Å². The lowest BCUT2D eigenvalue weighted by Crippen LogP contribution is -2.37. The van der Waals surface area contributed by atoms with Crippen LogP contribution in [0, 0.1) is 17.2 Å². The zero-order valence-electron chi connectivity index (χ0n) is 12.3. The summed E-state index contributed by atoms with van der Waals surface area (Å²) in [7, 11) is 0. The molecule has 22 heavy (non-hydrogen) atoms. The highest BCUT2D eigenvalue weighted by Crippen LogP contribution is 2.33. The first kappa shape index (κ1) is 14.1. The Balaban J connectivity index is 1.96. The molecule has 6 heteroatoms. The van der Waals surface area contributed by atoms with Crippen molar-refractivity contribution in [3.63, 3.8) is 0 Å². The van der Waals surface area contributed by atoms with Gasteiger partial charge in [-0.05, 0) is 29.2 Å². The molecule has 0 fully saturated rings. The van der Waals surface area contributed by atoms with Crippen molar-refractivity contribution in [1.29, 1.82) is 5.26 Å². The zero-order valence-corrected chi connectivity index (χ0v) is 12.3. The molecule has 3 rings (SSSR count). The van der Waals surface area contributed by atoms with Crippen LogP contribution in [0.3, 0.4) is 0 Å². The van der Waals surface area contributed by atoms with Crippen LogP contribution in [0.25, 0.3) is 16.6 Å². The minimum absolute atomic E-state index is 0.0693. The van der Waals surface area contributed by atoms with Gasteiger partial charge in [-0.1, -0.05) is 13.0 Å². The van der Waals surface area contributed by atoms with Gasteiger partial charge in [0.15, 0.2) is 0 Å². The van der Waals surface area contributed by atoms with Crippen molar-refractivity contribution in [2.75, 3.05) is 18.8 Å². The fourth-order valence-electron chi connectivity index (χ4n) is 2.97. The molecule has 3 N–H and O–H groups in total. The minimum atomic E-state index is -0.120. The van der Waals surface area contributed by atoms with Crippen LogP contribution < -0.4 is 5.73 Å². The fourth-order valence-corrected chi connectivity index (χ4v) is 2.97. The molecule has 0 aromatic carbocycles. The zero-order chi connectivity index (χ0) is 15.7. The smallest absolute Gasteiger partial charge is 0.237 e. The maximum atomic E-state index is 11.9. The molecule has 0 saturated heterocycles. The number of nitrogens with two attached hydrogens (primary N) is 1. The van der Waals surface area contributed by atoms with E-state index in [1.807, 2.05) is 30.5 Å². The highest BCUT2D eigenvalue weighted by Gasteiger charge is 2.24.